The van der Waals surface area contributed by atoms with Crippen LogP contribution in [-0.4, -0.2) is 24.8 Å². The maximum atomic E-state index is 12.5. The van der Waals surface area contributed by atoms with E-state index in [2.05, 4.69) is 4.98 Å². The first-order chi connectivity index (χ1) is 9.86. The molecule has 2 rings (SSSR count). The number of thiazole rings is 1. The number of hydrogen-bond donors (Lipinski definition) is 0. The van der Waals surface area contributed by atoms with E-state index < -0.39 is 10.0 Å². The van der Waals surface area contributed by atoms with Crippen LogP contribution >= 0.6 is 11.3 Å². The van der Waals surface area contributed by atoms with Crippen LogP contribution in [0.2, 0.25) is 0 Å². The molecule has 0 aliphatic heterocycles. The molecule has 0 N–H and O–H groups in total. The number of nitrogens with zero attached hydrogens (tertiary/aromatic N) is 3. The lowest BCUT2D eigenvalue weighted by Crippen LogP contribution is -2.26. The summed E-state index contributed by atoms with van der Waals surface area (Å²) in [4.78, 5) is 5.24. The van der Waals surface area contributed by atoms with Gasteiger partial charge in [-0.3, -0.25) is 0 Å². The lowest BCUT2D eigenvalue weighted by Gasteiger charge is -2.17. The number of rotatable bonds is 4. The Balaban J connectivity index is 2.31. The Labute approximate surface area is 128 Å². The molecule has 0 aliphatic carbocycles. The summed E-state index contributed by atoms with van der Waals surface area (Å²) in [6, 6.07) is 6.57. The first kappa shape index (κ1) is 15.6. The van der Waals surface area contributed by atoms with Crippen molar-refractivity contribution in [2.45, 2.75) is 25.3 Å². The minimum absolute atomic E-state index is 0.198. The molecular weight excluding hydrogens is 306 g/mol. The molecule has 5 nitrogen and oxygen atoms in total. The fourth-order valence-electron chi connectivity index (χ4n) is 1.87. The van der Waals surface area contributed by atoms with Gasteiger partial charge in [-0.25, -0.2) is 13.4 Å². The van der Waals surface area contributed by atoms with Crippen LogP contribution < -0.4 is 0 Å². The summed E-state index contributed by atoms with van der Waals surface area (Å²) in [5.74, 6) is 0. The molecule has 7 heteroatoms. The molecule has 0 bridgehead atoms. The van der Waals surface area contributed by atoms with Crippen molar-refractivity contribution < 1.29 is 8.42 Å². The molecule has 1 aromatic carbocycles. The zero-order chi connectivity index (χ0) is 15.6. The van der Waals surface area contributed by atoms with E-state index >= 15 is 0 Å². The molecule has 2 aromatic rings. The minimum Gasteiger partial charge on any atom is -0.250 e. The van der Waals surface area contributed by atoms with Crippen molar-refractivity contribution in [1.29, 1.82) is 5.26 Å². The van der Waals surface area contributed by atoms with Crippen molar-refractivity contribution >= 4 is 21.4 Å². The summed E-state index contributed by atoms with van der Waals surface area (Å²) < 4.78 is 26.4. The van der Waals surface area contributed by atoms with E-state index in [0.717, 1.165) is 10.6 Å². The molecule has 21 heavy (non-hydrogen) atoms. The van der Waals surface area contributed by atoms with Crippen LogP contribution in [0.1, 0.15) is 21.7 Å². The Hall–Kier alpha value is -1.75. The van der Waals surface area contributed by atoms with Gasteiger partial charge in [0, 0.05) is 18.5 Å². The minimum atomic E-state index is -3.58. The van der Waals surface area contributed by atoms with Crippen LogP contribution in [-0.2, 0) is 16.6 Å². The number of aryl methyl sites for hydroxylation is 2. The van der Waals surface area contributed by atoms with Crippen LogP contribution in [0.3, 0.4) is 0 Å². The second kappa shape index (κ2) is 5.93. The van der Waals surface area contributed by atoms with Crippen molar-refractivity contribution in [1.82, 2.24) is 9.29 Å². The summed E-state index contributed by atoms with van der Waals surface area (Å²) in [6.07, 6.45) is 0. The largest absolute Gasteiger partial charge is 0.250 e. The molecule has 1 heterocycles. The summed E-state index contributed by atoms with van der Waals surface area (Å²) in [7, 11) is -2.03. The molecule has 0 unspecified atom stereocenters. The normalized spacial score (nSPS) is 11.6. The average molecular weight is 321 g/mol. The number of hydrogen-bond acceptors (Lipinski definition) is 5. The van der Waals surface area contributed by atoms with Gasteiger partial charge in [0.05, 0.1) is 27.7 Å². The first-order valence-corrected chi connectivity index (χ1v) is 8.54. The lowest BCUT2D eigenvalue weighted by atomic mass is 10.1. The quantitative estimate of drug-likeness (QED) is 0.867. The van der Waals surface area contributed by atoms with E-state index in [-0.39, 0.29) is 11.4 Å². The monoisotopic (exact) mass is 321 g/mol. The fourth-order valence-corrected chi connectivity index (χ4v) is 4.00. The zero-order valence-electron chi connectivity index (χ0n) is 12.0. The number of sulfonamides is 1. The molecule has 0 atom stereocenters. The molecule has 0 radical (unpaired) electrons. The SMILES string of the molecule is Cc1cc(S(=O)(=O)N(C)Cc2scnc2C)ccc1C#N. The third-order valence-corrected chi connectivity index (χ3v) is 5.96. The standard InChI is InChI=1S/C14H15N3O2S2/c1-10-6-13(5-4-12(10)7-15)21(18,19)17(3)8-14-11(2)16-9-20-14/h4-6,9H,8H2,1-3H3. The van der Waals surface area contributed by atoms with Crippen LogP contribution in [0.5, 0.6) is 0 Å². The van der Waals surface area contributed by atoms with Crippen LogP contribution in [0.4, 0.5) is 0 Å². The van der Waals surface area contributed by atoms with Crippen molar-refractivity contribution in [2.24, 2.45) is 0 Å². The van der Waals surface area contributed by atoms with Gasteiger partial charge in [-0.1, -0.05) is 0 Å². The van der Waals surface area contributed by atoms with E-state index in [1.165, 1.54) is 33.8 Å². The second-order valence-electron chi connectivity index (χ2n) is 4.71. The Kier molecular flexibility index (Phi) is 4.42. The van der Waals surface area contributed by atoms with E-state index in [9.17, 15) is 8.42 Å². The molecule has 1 aromatic heterocycles. The number of nitriles is 1. The van der Waals surface area contributed by atoms with Crippen molar-refractivity contribution in [2.75, 3.05) is 7.05 Å². The van der Waals surface area contributed by atoms with Gasteiger partial charge in [0.25, 0.3) is 0 Å². The zero-order valence-corrected chi connectivity index (χ0v) is 13.6. The third kappa shape index (κ3) is 3.13. The van der Waals surface area contributed by atoms with Crippen molar-refractivity contribution in [3.8, 4) is 6.07 Å². The van der Waals surface area contributed by atoms with Crippen LogP contribution in [0, 0.1) is 25.2 Å². The Morgan fingerprint density at radius 1 is 1.38 bits per heavy atom. The fraction of sp³-hybridized carbons (Fsp3) is 0.286. The Morgan fingerprint density at radius 2 is 2.10 bits per heavy atom. The molecule has 0 aliphatic rings. The molecule has 0 amide bonds. The second-order valence-corrected chi connectivity index (χ2v) is 7.69. The van der Waals surface area contributed by atoms with Crippen LogP contribution in [0.15, 0.2) is 28.6 Å². The highest BCUT2D eigenvalue weighted by atomic mass is 32.2. The van der Waals surface area contributed by atoms with Gasteiger partial charge in [-0.05, 0) is 37.6 Å². The molecule has 0 saturated heterocycles. The van der Waals surface area contributed by atoms with Gasteiger partial charge in [-0.2, -0.15) is 9.57 Å². The average Bonchev–Trinajstić information content (AvgIpc) is 2.84. The predicted octanol–water partition coefficient (Wildman–Crippen LogP) is 2.45. The van der Waals surface area contributed by atoms with Crippen LogP contribution in [0.25, 0.3) is 0 Å². The van der Waals surface area contributed by atoms with Gasteiger partial charge in [0.15, 0.2) is 0 Å². The first-order valence-electron chi connectivity index (χ1n) is 6.22. The molecular formula is C14H15N3O2S2. The highest BCUT2D eigenvalue weighted by molar-refractivity contribution is 7.89. The lowest BCUT2D eigenvalue weighted by molar-refractivity contribution is 0.468. The maximum Gasteiger partial charge on any atom is 0.243 e. The van der Waals surface area contributed by atoms with E-state index in [1.807, 2.05) is 13.0 Å². The maximum absolute atomic E-state index is 12.5. The van der Waals surface area contributed by atoms with Gasteiger partial charge in [-0.15, -0.1) is 11.3 Å². The smallest absolute Gasteiger partial charge is 0.243 e. The summed E-state index contributed by atoms with van der Waals surface area (Å²) >= 11 is 1.44. The van der Waals surface area contributed by atoms with Crippen molar-refractivity contribution in [3.63, 3.8) is 0 Å². The molecule has 0 spiro atoms. The third-order valence-electron chi connectivity index (χ3n) is 3.24. The van der Waals surface area contributed by atoms with Gasteiger partial charge < -0.3 is 0 Å². The highest BCUT2D eigenvalue weighted by Gasteiger charge is 2.22. The molecule has 0 fully saturated rings. The summed E-state index contributed by atoms with van der Waals surface area (Å²) in [5, 5.41) is 8.91. The summed E-state index contributed by atoms with van der Waals surface area (Å²) in [6.45, 7) is 3.88. The van der Waals surface area contributed by atoms with Gasteiger partial charge in [0.1, 0.15) is 0 Å². The number of aromatic nitrogens is 1. The van der Waals surface area contributed by atoms with E-state index in [4.69, 9.17) is 5.26 Å². The Morgan fingerprint density at radius 3 is 2.62 bits per heavy atom. The number of benzene rings is 1. The Bertz CT molecular complexity index is 804. The van der Waals surface area contributed by atoms with E-state index in [1.54, 1.807) is 19.5 Å². The van der Waals surface area contributed by atoms with Gasteiger partial charge in [0.2, 0.25) is 10.0 Å². The summed E-state index contributed by atoms with van der Waals surface area (Å²) in [5.41, 5.74) is 3.69. The highest BCUT2D eigenvalue weighted by Crippen LogP contribution is 2.22. The molecule has 0 saturated carbocycles. The van der Waals surface area contributed by atoms with Crippen molar-refractivity contribution in [3.05, 3.63) is 45.4 Å². The predicted molar refractivity (Wildman–Crippen MR) is 81.4 cm³/mol. The molecule has 110 valence electrons. The topological polar surface area (TPSA) is 74.1 Å². The van der Waals surface area contributed by atoms with Gasteiger partial charge >= 0.3 is 0 Å². The van der Waals surface area contributed by atoms with E-state index in [0.29, 0.717) is 11.1 Å².